The predicted molar refractivity (Wildman–Crippen MR) is 241 cm³/mol. The fraction of sp³-hybridized carbons (Fsp3) is 0.538. The molecule has 8 N–H and O–H groups in total. The van der Waals surface area contributed by atoms with Gasteiger partial charge in [0, 0.05) is 29.1 Å². The summed E-state index contributed by atoms with van der Waals surface area (Å²) in [5.74, 6) is -1.67. The third kappa shape index (κ3) is 10.9. The van der Waals surface area contributed by atoms with Crippen LogP contribution in [0.1, 0.15) is 119 Å². The number of nitrogens with two attached hydrogens (primary N) is 1. The Morgan fingerprint density at radius 3 is 2.52 bits per heavy atom. The van der Waals surface area contributed by atoms with Crippen molar-refractivity contribution in [1.29, 1.82) is 0 Å². The first kappa shape index (κ1) is 45.4. The molecule has 2 heterocycles. The summed E-state index contributed by atoms with van der Waals surface area (Å²) in [5.41, 5.74) is 9.80. The van der Waals surface area contributed by atoms with E-state index in [1.807, 2.05) is 54.6 Å². The number of aliphatic hydroxyl groups excluding tert-OH is 2. The summed E-state index contributed by atoms with van der Waals surface area (Å²) < 4.78 is 0. The van der Waals surface area contributed by atoms with Gasteiger partial charge < -0.3 is 41.4 Å². The number of anilines is 1. The lowest BCUT2D eigenvalue weighted by molar-refractivity contribution is -0.269. The number of carboxylic acid groups (broad SMARTS) is 1. The van der Waals surface area contributed by atoms with E-state index in [2.05, 4.69) is 29.0 Å². The molecule has 2 aromatic carbocycles. The number of rotatable bonds is 20. The molecule has 2 saturated carbocycles. The molecule has 10 unspecified atom stereocenters. The molecule has 334 valence electrons. The summed E-state index contributed by atoms with van der Waals surface area (Å²) >= 11 is 0. The Labute approximate surface area is 367 Å². The first-order valence-electron chi connectivity index (χ1n) is 23.4. The van der Waals surface area contributed by atoms with Crippen LogP contribution in [0.5, 0.6) is 11.5 Å². The third-order valence-electron chi connectivity index (χ3n) is 14.8. The van der Waals surface area contributed by atoms with E-state index in [0.29, 0.717) is 73.5 Å². The number of phenols is 1. The van der Waals surface area contributed by atoms with Crippen molar-refractivity contribution in [3.63, 3.8) is 0 Å². The number of unbranched alkanes of at least 4 members (excludes halogenated alkanes) is 4. The number of nitrogen functional groups attached to an aromatic ring is 1. The van der Waals surface area contributed by atoms with Crippen molar-refractivity contribution < 1.29 is 35.4 Å². The fourth-order valence-electron chi connectivity index (χ4n) is 11.5. The van der Waals surface area contributed by atoms with Crippen LogP contribution in [-0.4, -0.2) is 59.3 Å². The SMILES string of the molecule is CCCCCC1C=CC(CCCCCC(C(=O)O)C(O)C2CCC3C(Cc4ccnc(N)c4)CC(Cc4ccc(-c5cc(O)cc([O-])c5Cc5ccccc5)[nH]4)C3(O)C2)C(O)C1. The van der Waals surface area contributed by atoms with E-state index in [-0.39, 0.29) is 47.2 Å². The number of carboxylic acids is 1. The van der Waals surface area contributed by atoms with Gasteiger partial charge >= 0.3 is 5.97 Å². The Morgan fingerprint density at radius 1 is 0.952 bits per heavy atom. The number of aromatic hydroxyl groups is 1. The van der Waals surface area contributed by atoms with Gasteiger partial charge in [-0.25, -0.2) is 4.98 Å². The maximum atomic E-state index is 13.2. The van der Waals surface area contributed by atoms with Crippen LogP contribution < -0.4 is 10.8 Å². The highest BCUT2D eigenvalue weighted by molar-refractivity contribution is 5.71. The van der Waals surface area contributed by atoms with Gasteiger partial charge in [-0.1, -0.05) is 87.9 Å². The molecular weight excluding hydrogens is 779 g/mol. The van der Waals surface area contributed by atoms with Crippen LogP contribution in [0, 0.1) is 41.4 Å². The van der Waals surface area contributed by atoms with Crippen molar-refractivity contribution in [2.24, 2.45) is 41.4 Å². The topological polar surface area (TPSA) is 196 Å². The van der Waals surface area contributed by atoms with Crippen LogP contribution >= 0.6 is 0 Å². The van der Waals surface area contributed by atoms with Crippen molar-refractivity contribution in [3.8, 4) is 22.8 Å². The highest BCUT2D eigenvalue weighted by atomic mass is 16.4. The maximum absolute atomic E-state index is 13.2. The van der Waals surface area contributed by atoms with Gasteiger partial charge in [0.1, 0.15) is 11.6 Å². The van der Waals surface area contributed by atoms with Crippen molar-refractivity contribution >= 4 is 11.8 Å². The number of hydrogen-bond acceptors (Lipinski definition) is 8. The van der Waals surface area contributed by atoms with E-state index < -0.39 is 23.6 Å². The van der Waals surface area contributed by atoms with Crippen molar-refractivity contribution in [2.45, 2.75) is 134 Å². The smallest absolute Gasteiger partial charge is 0.309 e. The number of nitrogens with one attached hydrogen (secondary N) is 1. The molecule has 2 aromatic heterocycles. The molecule has 10 nitrogen and oxygen atoms in total. The summed E-state index contributed by atoms with van der Waals surface area (Å²) in [6.45, 7) is 2.21. The number of pyridine rings is 1. The van der Waals surface area contributed by atoms with Gasteiger partial charge in [-0.05, 0) is 153 Å². The molecule has 7 rings (SSSR count). The quantitative estimate of drug-likeness (QED) is 0.0336. The number of nitrogens with zero attached hydrogens (tertiary/aromatic N) is 1. The number of allylic oxidation sites excluding steroid dienone is 1. The average Bonchev–Trinajstić information content (AvgIpc) is 3.82. The lowest BCUT2D eigenvalue weighted by atomic mass is 9.64. The van der Waals surface area contributed by atoms with E-state index in [4.69, 9.17) is 5.73 Å². The number of phenolic OH excluding ortho intramolecular Hbond substituents is 1. The van der Waals surface area contributed by atoms with E-state index in [9.17, 15) is 35.4 Å². The van der Waals surface area contributed by atoms with Crippen LogP contribution in [0.25, 0.3) is 11.3 Å². The van der Waals surface area contributed by atoms with E-state index in [0.717, 1.165) is 61.8 Å². The molecule has 0 bridgehead atoms. The molecule has 10 atom stereocenters. The number of H-pyrrole nitrogens is 1. The van der Waals surface area contributed by atoms with Crippen molar-refractivity contribution in [3.05, 3.63) is 107 Å². The number of benzene rings is 2. The predicted octanol–water partition coefficient (Wildman–Crippen LogP) is 8.74. The molecular formula is C52H68N3O7-. The Hall–Kier alpha value is -4.64. The number of aliphatic hydroxyl groups is 3. The average molecular weight is 847 g/mol. The summed E-state index contributed by atoms with van der Waals surface area (Å²) in [4.78, 5) is 20.4. The minimum absolute atomic E-state index is 0.0505. The highest BCUT2D eigenvalue weighted by Crippen LogP contribution is 2.56. The second-order valence-corrected chi connectivity index (χ2v) is 19.0. The minimum atomic E-state index is -1.14. The first-order valence-corrected chi connectivity index (χ1v) is 23.4. The largest absolute Gasteiger partial charge is 0.872 e. The number of hydrogen-bond donors (Lipinski definition) is 7. The maximum Gasteiger partial charge on any atom is 0.309 e. The Kier molecular flexibility index (Phi) is 15.1. The zero-order valence-corrected chi connectivity index (χ0v) is 36.4. The van der Waals surface area contributed by atoms with Gasteiger partial charge in [0.25, 0.3) is 0 Å². The number of aromatic amines is 1. The Morgan fingerprint density at radius 2 is 1.76 bits per heavy atom. The first-order chi connectivity index (χ1) is 29.9. The summed E-state index contributed by atoms with van der Waals surface area (Å²) in [6, 6.07) is 20.4. The molecule has 0 radical (unpaired) electrons. The highest BCUT2D eigenvalue weighted by Gasteiger charge is 2.57. The molecule has 0 aliphatic heterocycles. The van der Waals surface area contributed by atoms with E-state index >= 15 is 0 Å². The van der Waals surface area contributed by atoms with Crippen molar-refractivity contribution in [2.75, 3.05) is 5.73 Å². The molecule has 0 saturated heterocycles. The van der Waals surface area contributed by atoms with Gasteiger partial charge in [0.15, 0.2) is 0 Å². The standard InChI is InChI=1S/C52H69N3O7/c1-2-3-6-11-34-16-17-36(47(57)26-34)14-9-5-10-15-42(51(60)61)50(59)37-18-20-45-38(24-35-22-23-54-49(53)27-35)28-39(52(45,62)32-37)29-40-19-21-46(55-40)43-30-41(56)31-48(58)44(43)25-33-12-7-4-8-13-33/h4,7-8,12-13,16-17,19,21-23,27,30-31,34,36-39,42,45,47,50,55-59,62H,2-3,5-6,9-11,14-15,18,20,24-26,28-29,32H2,1H3,(H2,53,54)(H,60,61)/p-1. The zero-order chi connectivity index (χ0) is 43.8. The molecule has 3 aliphatic rings. The lowest BCUT2D eigenvalue weighted by Gasteiger charge is -2.45. The summed E-state index contributed by atoms with van der Waals surface area (Å²) in [6.07, 6.45) is 18.0. The summed E-state index contributed by atoms with van der Waals surface area (Å²) in [7, 11) is 0. The number of aromatic nitrogens is 2. The third-order valence-corrected chi connectivity index (χ3v) is 14.8. The number of carbonyl (C=O) groups is 1. The molecule has 10 heteroatoms. The molecule has 62 heavy (non-hydrogen) atoms. The Bertz CT molecular complexity index is 2100. The van der Waals surface area contributed by atoms with Gasteiger partial charge in [-0.3, -0.25) is 4.79 Å². The van der Waals surface area contributed by atoms with Crippen LogP contribution in [0.15, 0.2) is 85.1 Å². The Balaban J connectivity index is 1.03. The van der Waals surface area contributed by atoms with Crippen LogP contribution in [0.2, 0.25) is 0 Å². The van der Waals surface area contributed by atoms with Crippen LogP contribution in [0.4, 0.5) is 5.82 Å². The van der Waals surface area contributed by atoms with Crippen molar-refractivity contribution in [1.82, 2.24) is 9.97 Å². The molecule has 2 fully saturated rings. The number of fused-ring (bicyclic) bond motifs is 1. The van der Waals surface area contributed by atoms with Gasteiger partial charge in [-0.2, -0.15) is 0 Å². The normalized spacial score (nSPS) is 26.9. The van der Waals surface area contributed by atoms with E-state index in [1.165, 1.54) is 25.3 Å². The second kappa shape index (κ2) is 20.7. The zero-order valence-electron chi connectivity index (χ0n) is 36.4. The van der Waals surface area contributed by atoms with Gasteiger partial charge in [0.05, 0.1) is 23.7 Å². The monoisotopic (exact) mass is 847 g/mol. The summed E-state index contributed by atoms with van der Waals surface area (Å²) in [5, 5.41) is 69.7. The fourth-order valence-corrected chi connectivity index (χ4v) is 11.5. The number of aliphatic carboxylic acids is 1. The van der Waals surface area contributed by atoms with E-state index in [1.54, 1.807) is 12.3 Å². The minimum Gasteiger partial charge on any atom is -0.872 e. The molecule has 4 aromatic rings. The molecule has 0 amide bonds. The van der Waals surface area contributed by atoms with Gasteiger partial charge in [-0.15, -0.1) is 5.75 Å². The van der Waals surface area contributed by atoms with Gasteiger partial charge in [0.2, 0.25) is 0 Å². The second-order valence-electron chi connectivity index (χ2n) is 19.0. The molecule has 3 aliphatic carbocycles. The van der Waals surface area contributed by atoms with Crippen LogP contribution in [0.3, 0.4) is 0 Å². The van der Waals surface area contributed by atoms with Crippen LogP contribution in [-0.2, 0) is 24.1 Å². The lowest BCUT2D eigenvalue weighted by Crippen LogP contribution is -2.50. The molecule has 0 spiro atoms.